The van der Waals surface area contributed by atoms with E-state index in [1.807, 2.05) is 116 Å². The molecule has 0 bridgehead atoms. The summed E-state index contributed by atoms with van der Waals surface area (Å²) in [7, 11) is 0. The third-order valence-corrected chi connectivity index (χ3v) is 7.18. The number of rotatable bonds is 9. The predicted octanol–water partition coefficient (Wildman–Crippen LogP) is 10.6. The highest BCUT2D eigenvalue weighted by Crippen LogP contribution is 2.29. The van der Waals surface area contributed by atoms with Crippen LogP contribution in [0.25, 0.3) is 28.4 Å². The van der Waals surface area contributed by atoms with Gasteiger partial charge in [0.2, 0.25) is 0 Å². The van der Waals surface area contributed by atoms with Crippen LogP contribution in [0.15, 0.2) is 167 Å². The SMILES string of the molecule is C=C(N=N/C(=C(\N)c1ccccc1)c1ccccc1)c1ccc(C(C)=N/C(=C(\C)c2ccccc2)c2ccccc2)cc1.N=N. The minimum absolute atomic E-state index is 0.542. The Morgan fingerprint density at radius 2 is 0.889 bits per heavy atom. The summed E-state index contributed by atoms with van der Waals surface area (Å²) in [6, 6.07) is 48.4. The van der Waals surface area contributed by atoms with Crippen LogP contribution in [0.4, 0.5) is 0 Å². The van der Waals surface area contributed by atoms with Crippen LogP contribution < -0.4 is 5.73 Å². The minimum Gasteiger partial charge on any atom is -0.396 e. The number of allylic oxidation sites excluding steroid dienone is 1. The number of nitrogens with zero attached hydrogens (tertiary/aromatic N) is 3. The molecule has 6 heteroatoms. The predicted molar refractivity (Wildman–Crippen MR) is 187 cm³/mol. The average molecular weight is 589 g/mol. The van der Waals surface area contributed by atoms with Crippen molar-refractivity contribution in [2.45, 2.75) is 13.8 Å². The summed E-state index contributed by atoms with van der Waals surface area (Å²) < 4.78 is 0. The molecule has 0 saturated heterocycles. The molecule has 0 spiro atoms. The first-order valence-electron chi connectivity index (χ1n) is 14.5. The summed E-state index contributed by atoms with van der Waals surface area (Å²) in [5.74, 6) is 0. The molecule has 0 heterocycles. The van der Waals surface area contributed by atoms with Crippen molar-refractivity contribution < 1.29 is 0 Å². The van der Waals surface area contributed by atoms with Gasteiger partial charge in [-0.1, -0.05) is 152 Å². The summed E-state index contributed by atoms with van der Waals surface area (Å²) in [6.07, 6.45) is 0. The zero-order chi connectivity index (χ0) is 32.0. The Morgan fingerprint density at radius 3 is 1.38 bits per heavy atom. The molecule has 0 aliphatic rings. The molecule has 0 radical (unpaired) electrons. The zero-order valence-corrected chi connectivity index (χ0v) is 25.5. The molecule has 6 nitrogen and oxygen atoms in total. The lowest BCUT2D eigenvalue weighted by Crippen LogP contribution is -2.00. The van der Waals surface area contributed by atoms with Crippen LogP contribution in [0.1, 0.15) is 47.2 Å². The Kier molecular flexibility index (Phi) is 11.4. The average Bonchev–Trinajstić information content (AvgIpc) is 3.12. The zero-order valence-electron chi connectivity index (χ0n) is 25.5. The molecular formula is C39H36N6. The second-order valence-electron chi connectivity index (χ2n) is 10.1. The first kappa shape index (κ1) is 31.9. The summed E-state index contributed by atoms with van der Waals surface area (Å²) in [5.41, 5.74) is 27.1. The van der Waals surface area contributed by atoms with E-state index in [1.165, 1.54) is 0 Å². The molecule has 0 atom stereocenters. The van der Waals surface area contributed by atoms with E-state index in [-0.39, 0.29) is 0 Å². The largest absolute Gasteiger partial charge is 0.396 e. The van der Waals surface area contributed by atoms with Gasteiger partial charge in [0.1, 0.15) is 5.70 Å². The Labute approximate surface area is 265 Å². The monoisotopic (exact) mass is 588 g/mol. The van der Waals surface area contributed by atoms with Gasteiger partial charge in [0.15, 0.2) is 0 Å². The molecule has 0 unspecified atom stereocenters. The molecule has 0 amide bonds. The highest BCUT2D eigenvalue weighted by atomic mass is 15.1. The van der Waals surface area contributed by atoms with Gasteiger partial charge in [-0.05, 0) is 36.1 Å². The van der Waals surface area contributed by atoms with Gasteiger partial charge in [0.25, 0.3) is 0 Å². The first-order chi connectivity index (χ1) is 22.0. The van der Waals surface area contributed by atoms with Crippen LogP contribution in [0.3, 0.4) is 0 Å². The fraction of sp³-hybridized carbons (Fsp3) is 0.0513. The van der Waals surface area contributed by atoms with Gasteiger partial charge < -0.3 is 5.73 Å². The molecule has 4 N–H and O–H groups in total. The highest BCUT2D eigenvalue weighted by Gasteiger charge is 2.11. The fourth-order valence-corrected chi connectivity index (χ4v) is 4.71. The van der Waals surface area contributed by atoms with E-state index >= 15 is 0 Å². The molecule has 45 heavy (non-hydrogen) atoms. The number of hydrogen-bond acceptors (Lipinski definition) is 6. The molecule has 0 saturated carbocycles. The fourth-order valence-electron chi connectivity index (χ4n) is 4.71. The molecule has 0 fully saturated rings. The van der Waals surface area contributed by atoms with Crippen LogP contribution in [0, 0.1) is 11.1 Å². The van der Waals surface area contributed by atoms with Gasteiger partial charge in [-0.3, -0.25) is 4.99 Å². The quantitative estimate of drug-likeness (QED) is 0.0888. The maximum atomic E-state index is 6.57. The van der Waals surface area contributed by atoms with Crippen molar-refractivity contribution in [1.29, 1.82) is 11.1 Å². The van der Waals surface area contributed by atoms with E-state index in [1.54, 1.807) is 0 Å². The smallest absolute Gasteiger partial charge is 0.116 e. The molecule has 0 aliphatic heterocycles. The van der Waals surface area contributed by atoms with Crippen LogP contribution >= 0.6 is 0 Å². The van der Waals surface area contributed by atoms with Crippen LogP contribution in [0.5, 0.6) is 0 Å². The highest BCUT2D eigenvalue weighted by molar-refractivity contribution is 6.04. The van der Waals surface area contributed by atoms with Crippen molar-refractivity contribution in [2.75, 3.05) is 0 Å². The van der Waals surface area contributed by atoms with Gasteiger partial charge in [0.05, 0.1) is 17.1 Å². The van der Waals surface area contributed by atoms with E-state index in [0.29, 0.717) is 17.1 Å². The summed E-state index contributed by atoms with van der Waals surface area (Å²) in [6.45, 7) is 8.34. The van der Waals surface area contributed by atoms with Crippen LogP contribution in [-0.2, 0) is 0 Å². The lowest BCUT2D eigenvalue weighted by Gasteiger charge is -2.11. The van der Waals surface area contributed by atoms with Gasteiger partial charge in [-0.2, -0.15) is 5.11 Å². The minimum atomic E-state index is 0.542. The number of azo groups is 1. The van der Waals surface area contributed by atoms with E-state index in [0.717, 1.165) is 50.4 Å². The van der Waals surface area contributed by atoms with Gasteiger partial charge in [-0.15, -0.1) is 5.11 Å². The maximum absolute atomic E-state index is 6.57. The molecule has 0 aliphatic carbocycles. The number of nitrogens with one attached hydrogen (secondary N) is 2. The third kappa shape index (κ3) is 8.30. The summed E-state index contributed by atoms with van der Waals surface area (Å²) >= 11 is 0. The number of benzene rings is 5. The lowest BCUT2D eigenvalue weighted by atomic mass is 10.0. The van der Waals surface area contributed by atoms with Crippen molar-refractivity contribution in [3.8, 4) is 0 Å². The van der Waals surface area contributed by atoms with Crippen LogP contribution in [-0.4, -0.2) is 5.71 Å². The van der Waals surface area contributed by atoms with E-state index < -0.39 is 0 Å². The van der Waals surface area contributed by atoms with E-state index in [9.17, 15) is 0 Å². The molecule has 5 aromatic rings. The Hall–Kier alpha value is -6.01. The topological polar surface area (TPSA) is 111 Å². The normalized spacial score (nSPS) is 12.4. The van der Waals surface area contributed by atoms with Gasteiger partial charge in [0, 0.05) is 22.4 Å². The van der Waals surface area contributed by atoms with Gasteiger partial charge >= 0.3 is 0 Å². The second-order valence-corrected chi connectivity index (χ2v) is 10.1. The number of nitrogens with two attached hydrogens (primary N) is 1. The Bertz CT molecular complexity index is 1820. The van der Waals surface area contributed by atoms with Crippen molar-refractivity contribution in [3.63, 3.8) is 0 Å². The van der Waals surface area contributed by atoms with Crippen molar-refractivity contribution in [3.05, 3.63) is 186 Å². The van der Waals surface area contributed by atoms with Crippen LogP contribution in [0.2, 0.25) is 0 Å². The third-order valence-electron chi connectivity index (χ3n) is 7.18. The van der Waals surface area contributed by atoms with Crippen molar-refractivity contribution in [1.82, 2.24) is 0 Å². The second kappa shape index (κ2) is 16.0. The Balaban J connectivity index is 0.00000226. The van der Waals surface area contributed by atoms with Crippen molar-refractivity contribution >= 4 is 34.1 Å². The number of aliphatic imine (C=N–C) groups is 1. The molecular weight excluding hydrogens is 552 g/mol. The molecule has 0 aromatic heterocycles. The molecule has 5 rings (SSSR count). The molecule has 222 valence electrons. The van der Waals surface area contributed by atoms with Gasteiger partial charge in [-0.25, -0.2) is 11.1 Å². The lowest BCUT2D eigenvalue weighted by molar-refractivity contribution is 1.05. The first-order valence-corrected chi connectivity index (χ1v) is 14.5. The molecule has 5 aromatic carbocycles. The standard InChI is InChI=1S/C39H34N4.H2N2/c1-28(31-16-8-4-9-17-31)38(35-20-12-6-13-21-35)41-29(2)32-24-26-33(27-25-32)30(3)42-43-39(36-22-14-7-15-23-36)37(40)34-18-10-5-11-19-34;1-2/h4-27H,3,40H2,1-2H3;1-2H/b38-28+,39-37-,41-29?,43-42?;. The maximum Gasteiger partial charge on any atom is 0.116 e. The summed E-state index contributed by atoms with van der Waals surface area (Å²) in [5, 5.41) is 9.07. The summed E-state index contributed by atoms with van der Waals surface area (Å²) in [4.78, 5) is 5.12. The Morgan fingerprint density at radius 1 is 0.489 bits per heavy atom. The number of hydrogen-bond donors (Lipinski definition) is 3. The van der Waals surface area contributed by atoms with E-state index in [2.05, 4.69) is 60.1 Å². The van der Waals surface area contributed by atoms with E-state index in [4.69, 9.17) is 21.8 Å². The van der Waals surface area contributed by atoms with Crippen molar-refractivity contribution in [2.24, 2.45) is 21.0 Å².